The first-order chi connectivity index (χ1) is 11.9. The smallest absolute Gasteiger partial charge is 0.264 e. The van der Waals surface area contributed by atoms with Gasteiger partial charge in [0.2, 0.25) is 0 Å². The van der Waals surface area contributed by atoms with Crippen LogP contribution >= 0.6 is 0 Å². The first-order valence-corrected chi connectivity index (χ1v) is 9.66. The highest BCUT2D eigenvalue weighted by Gasteiger charge is 2.52. The Labute approximate surface area is 147 Å². The molecule has 6 atom stereocenters. The van der Waals surface area contributed by atoms with Gasteiger partial charge in [-0.05, 0) is 0 Å². The van der Waals surface area contributed by atoms with Crippen molar-refractivity contribution in [2.45, 2.75) is 37.0 Å². The maximum atomic E-state index is 11.6. The van der Waals surface area contributed by atoms with Crippen LogP contribution in [0.2, 0.25) is 0 Å². The number of rotatable bonds is 5. The van der Waals surface area contributed by atoms with Gasteiger partial charge in [-0.2, -0.15) is 8.42 Å². The summed E-state index contributed by atoms with van der Waals surface area (Å²) < 4.78 is 56.7. The van der Waals surface area contributed by atoms with E-state index in [1.165, 1.54) is 14.2 Å². The standard InChI is InChI=1S/C16H22O8S/c1-19-13-12-11(22-16(20-2)14(13)24-25(3,17)18)9-21-15(23-12)10-7-5-4-6-8-10/h4-8,11-16H,9H2,1-3H3/t11-,12-,13+,14-,15+,16-/m1/s1. The quantitative estimate of drug-likeness (QED) is 0.700. The van der Waals surface area contributed by atoms with Gasteiger partial charge >= 0.3 is 0 Å². The normalized spacial score (nSPS) is 36.0. The minimum Gasteiger partial charge on any atom is -0.376 e. The fourth-order valence-corrected chi connectivity index (χ4v) is 3.69. The van der Waals surface area contributed by atoms with Gasteiger partial charge in [-0.15, -0.1) is 0 Å². The van der Waals surface area contributed by atoms with Gasteiger partial charge in [0.15, 0.2) is 18.7 Å². The van der Waals surface area contributed by atoms with Crippen molar-refractivity contribution in [3.05, 3.63) is 35.9 Å². The lowest BCUT2D eigenvalue weighted by Crippen LogP contribution is -2.63. The molecule has 2 heterocycles. The molecule has 0 N–H and O–H groups in total. The van der Waals surface area contributed by atoms with Crippen LogP contribution in [0.3, 0.4) is 0 Å². The van der Waals surface area contributed by atoms with Gasteiger partial charge in [0, 0.05) is 19.8 Å². The molecule has 140 valence electrons. The maximum absolute atomic E-state index is 11.6. The van der Waals surface area contributed by atoms with E-state index in [4.69, 9.17) is 27.9 Å². The van der Waals surface area contributed by atoms with Crippen LogP contribution in [0.1, 0.15) is 11.9 Å². The lowest BCUT2D eigenvalue weighted by molar-refractivity contribution is -0.357. The van der Waals surface area contributed by atoms with E-state index in [1.54, 1.807) is 0 Å². The minimum absolute atomic E-state index is 0.259. The molecular formula is C16H22O8S. The third-order valence-corrected chi connectivity index (χ3v) is 4.72. The molecule has 1 aromatic carbocycles. The van der Waals surface area contributed by atoms with Crippen molar-refractivity contribution in [3.8, 4) is 0 Å². The second kappa shape index (κ2) is 7.67. The van der Waals surface area contributed by atoms with Gasteiger partial charge in [-0.25, -0.2) is 0 Å². The fraction of sp³-hybridized carbons (Fsp3) is 0.625. The molecular weight excluding hydrogens is 352 g/mol. The van der Waals surface area contributed by atoms with Crippen molar-refractivity contribution in [2.24, 2.45) is 0 Å². The van der Waals surface area contributed by atoms with Gasteiger partial charge < -0.3 is 23.7 Å². The molecule has 0 aromatic heterocycles. The van der Waals surface area contributed by atoms with E-state index in [0.29, 0.717) is 0 Å². The number of fused-ring (bicyclic) bond motifs is 1. The zero-order valence-corrected chi connectivity index (χ0v) is 15.0. The van der Waals surface area contributed by atoms with Gasteiger partial charge in [0.05, 0.1) is 12.9 Å². The van der Waals surface area contributed by atoms with Crippen LogP contribution < -0.4 is 0 Å². The SMILES string of the molecule is CO[C@@H]1O[C@@H]2CO[C@H](c3ccccc3)O[C@H]2[C@H](OC)[C@H]1OS(C)(=O)=O. The molecule has 9 heteroatoms. The summed E-state index contributed by atoms with van der Waals surface area (Å²) in [6, 6.07) is 9.44. The Bertz CT molecular complexity index is 664. The lowest BCUT2D eigenvalue weighted by atomic mass is 9.97. The Morgan fingerprint density at radius 2 is 1.76 bits per heavy atom. The summed E-state index contributed by atoms with van der Waals surface area (Å²) in [5, 5.41) is 0. The first kappa shape index (κ1) is 18.7. The zero-order chi connectivity index (χ0) is 18.0. The Morgan fingerprint density at radius 3 is 2.36 bits per heavy atom. The van der Waals surface area contributed by atoms with E-state index in [0.717, 1.165) is 11.8 Å². The van der Waals surface area contributed by atoms with Crippen LogP contribution in [0, 0.1) is 0 Å². The predicted molar refractivity (Wildman–Crippen MR) is 86.2 cm³/mol. The van der Waals surface area contributed by atoms with Crippen LogP contribution in [0.15, 0.2) is 30.3 Å². The third-order valence-electron chi connectivity index (χ3n) is 4.15. The highest BCUT2D eigenvalue weighted by Crippen LogP contribution is 2.36. The Balaban J connectivity index is 1.83. The molecule has 0 aliphatic carbocycles. The molecule has 1 aromatic rings. The van der Waals surface area contributed by atoms with Crippen molar-refractivity contribution in [2.75, 3.05) is 27.1 Å². The topological polar surface area (TPSA) is 89.5 Å². The molecule has 25 heavy (non-hydrogen) atoms. The van der Waals surface area contributed by atoms with Crippen LogP contribution in [0.25, 0.3) is 0 Å². The molecule has 0 saturated carbocycles. The van der Waals surface area contributed by atoms with Crippen molar-refractivity contribution < 1.29 is 36.3 Å². The average molecular weight is 374 g/mol. The van der Waals surface area contributed by atoms with Crippen LogP contribution in [0.4, 0.5) is 0 Å². The van der Waals surface area contributed by atoms with Gasteiger partial charge in [-0.1, -0.05) is 30.3 Å². The molecule has 0 unspecified atom stereocenters. The molecule has 2 fully saturated rings. The van der Waals surface area contributed by atoms with E-state index in [9.17, 15) is 8.42 Å². The van der Waals surface area contributed by atoms with E-state index >= 15 is 0 Å². The summed E-state index contributed by atoms with van der Waals surface area (Å²) in [6.07, 6.45) is -3.26. The molecule has 2 saturated heterocycles. The number of hydrogen-bond donors (Lipinski definition) is 0. The van der Waals surface area contributed by atoms with Gasteiger partial charge in [0.1, 0.15) is 18.3 Å². The Kier molecular flexibility index (Phi) is 5.74. The summed E-state index contributed by atoms with van der Waals surface area (Å²) in [6.45, 7) is 0.259. The van der Waals surface area contributed by atoms with Crippen LogP contribution in [0.5, 0.6) is 0 Å². The molecule has 0 radical (unpaired) electrons. The van der Waals surface area contributed by atoms with E-state index in [2.05, 4.69) is 0 Å². The van der Waals surface area contributed by atoms with Gasteiger partial charge in [0.25, 0.3) is 10.1 Å². The number of hydrogen-bond acceptors (Lipinski definition) is 8. The van der Waals surface area contributed by atoms with Crippen molar-refractivity contribution in [1.29, 1.82) is 0 Å². The highest BCUT2D eigenvalue weighted by atomic mass is 32.2. The molecule has 0 spiro atoms. The summed E-state index contributed by atoms with van der Waals surface area (Å²) in [7, 11) is -0.863. The Morgan fingerprint density at radius 1 is 1.04 bits per heavy atom. The highest BCUT2D eigenvalue weighted by molar-refractivity contribution is 7.86. The monoisotopic (exact) mass is 374 g/mol. The Hall–Kier alpha value is -1.07. The summed E-state index contributed by atoms with van der Waals surface area (Å²) in [5.74, 6) is 0. The van der Waals surface area contributed by atoms with Crippen molar-refractivity contribution in [1.82, 2.24) is 0 Å². The third kappa shape index (κ3) is 4.20. The predicted octanol–water partition coefficient (Wildman–Crippen LogP) is 0.832. The van der Waals surface area contributed by atoms with Crippen LogP contribution in [-0.4, -0.2) is 66.2 Å². The summed E-state index contributed by atoms with van der Waals surface area (Å²) >= 11 is 0. The average Bonchev–Trinajstić information content (AvgIpc) is 2.60. The molecule has 2 aliphatic rings. The zero-order valence-electron chi connectivity index (χ0n) is 14.2. The van der Waals surface area contributed by atoms with Crippen LogP contribution in [-0.2, 0) is 38.0 Å². The lowest BCUT2D eigenvalue weighted by Gasteiger charge is -2.47. The summed E-state index contributed by atoms with van der Waals surface area (Å²) in [4.78, 5) is 0. The number of benzene rings is 1. The molecule has 3 rings (SSSR count). The number of ether oxygens (including phenoxy) is 5. The van der Waals surface area contributed by atoms with E-state index < -0.39 is 47.1 Å². The fourth-order valence-electron chi connectivity index (χ4n) is 3.09. The molecule has 8 nitrogen and oxygen atoms in total. The van der Waals surface area contributed by atoms with E-state index in [-0.39, 0.29) is 6.61 Å². The van der Waals surface area contributed by atoms with E-state index in [1.807, 2.05) is 30.3 Å². The second-order valence-electron chi connectivity index (χ2n) is 5.92. The molecule has 0 amide bonds. The minimum atomic E-state index is -3.74. The van der Waals surface area contributed by atoms with Crippen molar-refractivity contribution in [3.63, 3.8) is 0 Å². The number of methoxy groups -OCH3 is 2. The molecule has 0 bridgehead atoms. The summed E-state index contributed by atoms with van der Waals surface area (Å²) in [5.41, 5.74) is 0.852. The second-order valence-corrected chi connectivity index (χ2v) is 7.52. The largest absolute Gasteiger partial charge is 0.376 e. The molecule has 2 aliphatic heterocycles. The van der Waals surface area contributed by atoms with Crippen molar-refractivity contribution >= 4 is 10.1 Å². The first-order valence-electron chi connectivity index (χ1n) is 7.84. The van der Waals surface area contributed by atoms with Gasteiger partial charge in [-0.3, -0.25) is 4.18 Å². The maximum Gasteiger partial charge on any atom is 0.264 e.